The highest BCUT2D eigenvalue weighted by molar-refractivity contribution is 5.70. The van der Waals surface area contributed by atoms with Crippen molar-refractivity contribution >= 4 is 12.1 Å². The molecule has 1 aromatic carbocycles. The fourth-order valence-electron chi connectivity index (χ4n) is 3.52. The lowest BCUT2D eigenvalue weighted by molar-refractivity contribution is -0.142. The summed E-state index contributed by atoms with van der Waals surface area (Å²) in [4.78, 5) is 30.5. The van der Waals surface area contributed by atoms with E-state index < -0.39 is 17.5 Å². The normalized spacial score (nSPS) is 12.4. The minimum absolute atomic E-state index is 0.349. The summed E-state index contributed by atoms with van der Waals surface area (Å²) >= 11 is 0. The zero-order valence-electron chi connectivity index (χ0n) is 19.8. The summed E-state index contributed by atoms with van der Waals surface area (Å²) < 4.78 is 7.57. The molecule has 7 nitrogen and oxygen atoms in total. The summed E-state index contributed by atoms with van der Waals surface area (Å²) in [6.07, 6.45) is 6.74. The molecule has 1 aromatic heterocycles. The summed E-state index contributed by atoms with van der Waals surface area (Å²) in [7, 11) is 0. The van der Waals surface area contributed by atoms with E-state index in [2.05, 4.69) is 11.9 Å². The van der Waals surface area contributed by atoms with Gasteiger partial charge in [0.05, 0.1) is 17.9 Å². The van der Waals surface area contributed by atoms with Crippen LogP contribution in [-0.4, -0.2) is 43.8 Å². The number of rotatable bonds is 12. The highest BCUT2D eigenvalue weighted by Gasteiger charge is 2.23. The second-order valence-corrected chi connectivity index (χ2v) is 9.23. The fourth-order valence-corrected chi connectivity index (χ4v) is 3.52. The number of carbonyl (C=O) groups excluding carboxylic acids is 1. The molecule has 2 aromatic rings. The van der Waals surface area contributed by atoms with Crippen LogP contribution in [0.3, 0.4) is 0 Å². The number of benzene rings is 1. The number of unbranched alkanes of at least 4 members (excludes halogenated alkanes) is 1. The van der Waals surface area contributed by atoms with Crippen molar-refractivity contribution < 1.29 is 19.4 Å². The smallest absolute Gasteiger partial charge is 0.410 e. The van der Waals surface area contributed by atoms with Crippen LogP contribution in [0.1, 0.15) is 64.6 Å². The Morgan fingerprint density at radius 3 is 2.53 bits per heavy atom. The first-order valence-corrected chi connectivity index (χ1v) is 11.4. The Balaban J connectivity index is 1.90. The number of amides is 1. The van der Waals surface area contributed by atoms with Crippen molar-refractivity contribution in [2.45, 2.75) is 78.5 Å². The quantitative estimate of drug-likeness (QED) is 0.459. The van der Waals surface area contributed by atoms with Gasteiger partial charge in [0.1, 0.15) is 5.60 Å². The molecule has 1 unspecified atom stereocenters. The number of imidazole rings is 1. The maximum atomic E-state index is 12.7. The molecule has 176 valence electrons. The summed E-state index contributed by atoms with van der Waals surface area (Å²) in [6.45, 7) is 9.51. The van der Waals surface area contributed by atoms with Crippen LogP contribution in [0.25, 0.3) is 0 Å². The number of aliphatic carboxylic acids is 1. The van der Waals surface area contributed by atoms with E-state index in [-0.39, 0.29) is 6.09 Å². The van der Waals surface area contributed by atoms with E-state index in [0.29, 0.717) is 38.8 Å². The summed E-state index contributed by atoms with van der Waals surface area (Å²) in [5.74, 6) is -1.28. The third-order valence-electron chi connectivity index (χ3n) is 5.07. The molecule has 1 atom stereocenters. The van der Waals surface area contributed by atoms with Gasteiger partial charge in [-0.05, 0) is 45.6 Å². The molecule has 7 heteroatoms. The lowest BCUT2D eigenvalue weighted by atomic mass is 9.97. The minimum atomic E-state index is -0.802. The molecule has 0 spiro atoms. The first-order valence-electron chi connectivity index (χ1n) is 11.4. The van der Waals surface area contributed by atoms with E-state index >= 15 is 0 Å². The second-order valence-electron chi connectivity index (χ2n) is 9.23. The summed E-state index contributed by atoms with van der Waals surface area (Å²) in [5, 5.41) is 9.64. The van der Waals surface area contributed by atoms with E-state index in [0.717, 1.165) is 24.2 Å². The molecular weight excluding hydrogens is 406 g/mol. The average Bonchev–Trinajstić information content (AvgIpc) is 3.16. The Kier molecular flexibility index (Phi) is 9.75. The first kappa shape index (κ1) is 25.4. The van der Waals surface area contributed by atoms with Gasteiger partial charge in [-0.3, -0.25) is 4.79 Å². The SMILES string of the molecule is CCCn1cnc(CC(CCCCN(Cc2ccccc2)C(=O)OC(C)(C)C)C(=O)O)c1. The molecule has 1 amide bonds. The number of aromatic nitrogens is 2. The van der Waals surface area contributed by atoms with Gasteiger partial charge in [0.15, 0.2) is 0 Å². The van der Waals surface area contributed by atoms with Crippen LogP contribution in [0.4, 0.5) is 4.79 Å². The monoisotopic (exact) mass is 443 g/mol. The molecule has 0 bridgehead atoms. The lowest BCUT2D eigenvalue weighted by Gasteiger charge is -2.27. The molecule has 1 N–H and O–H groups in total. The molecule has 1 heterocycles. The van der Waals surface area contributed by atoms with Crippen molar-refractivity contribution in [3.05, 3.63) is 54.1 Å². The van der Waals surface area contributed by atoms with Crippen LogP contribution in [0.5, 0.6) is 0 Å². The molecule has 0 saturated carbocycles. The third kappa shape index (κ3) is 9.12. The Bertz CT molecular complexity index is 842. The number of carboxylic acids is 1. The molecular formula is C25H37N3O4. The number of hydrogen-bond acceptors (Lipinski definition) is 4. The standard InChI is InChI=1S/C25H37N3O4/c1-5-14-27-18-22(26-19-27)16-21(23(29)30)13-9-10-15-28(24(31)32-25(2,3)4)17-20-11-7-6-8-12-20/h6-8,11-12,18-19,21H,5,9-10,13-17H2,1-4H3,(H,29,30). The van der Waals surface area contributed by atoms with Crippen molar-refractivity contribution in [3.8, 4) is 0 Å². The van der Waals surface area contributed by atoms with Gasteiger partial charge in [-0.25, -0.2) is 9.78 Å². The van der Waals surface area contributed by atoms with Crippen molar-refractivity contribution in [1.82, 2.24) is 14.5 Å². The molecule has 0 saturated heterocycles. The van der Waals surface area contributed by atoms with Gasteiger partial charge in [-0.15, -0.1) is 0 Å². The van der Waals surface area contributed by atoms with Gasteiger partial charge in [0.25, 0.3) is 0 Å². The van der Waals surface area contributed by atoms with Crippen molar-refractivity contribution in [2.75, 3.05) is 6.54 Å². The van der Waals surface area contributed by atoms with E-state index in [1.165, 1.54) is 0 Å². The van der Waals surface area contributed by atoms with Crippen LogP contribution < -0.4 is 0 Å². The van der Waals surface area contributed by atoms with Gasteiger partial charge in [-0.2, -0.15) is 0 Å². The predicted molar refractivity (Wildman–Crippen MR) is 124 cm³/mol. The largest absolute Gasteiger partial charge is 0.481 e. The van der Waals surface area contributed by atoms with Gasteiger partial charge in [-0.1, -0.05) is 43.7 Å². The van der Waals surface area contributed by atoms with E-state index in [4.69, 9.17) is 4.74 Å². The molecule has 0 aliphatic heterocycles. The van der Waals surface area contributed by atoms with Gasteiger partial charge < -0.3 is 19.3 Å². The summed E-state index contributed by atoms with van der Waals surface area (Å²) in [6, 6.07) is 9.80. The van der Waals surface area contributed by atoms with Crippen molar-refractivity contribution in [1.29, 1.82) is 0 Å². The topological polar surface area (TPSA) is 84.7 Å². The lowest BCUT2D eigenvalue weighted by Crippen LogP contribution is -2.37. The first-order chi connectivity index (χ1) is 15.2. The Hall–Kier alpha value is -2.83. The van der Waals surface area contributed by atoms with Crippen LogP contribution in [0.15, 0.2) is 42.9 Å². The minimum Gasteiger partial charge on any atom is -0.481 e. The van der Waals surface area contributed by atoms with Gasteiger partial charge in [0, 0.05) is 32.3 Å². The fraction of sp³-hybridized carbons (Fsp3) is 0.560. The number of hydrogen-bond donors (Lipinski definition) is 1. The maximum Gasteiger partial charge on any atom is 0.410 e. The Morgan fingerprint density at radius 2 is 1.91 bits per heavy atom. The van der Waals surface area contributed by atoms with Crippen LogP contribution in [-0.2, 0) is 29.0 Å². The zero-order valence-corrected chi connectivity index (χ0v) is 19.8. The summed E-state index contributed by atoms with van der Waals surface area (Å²) in [5.41, 5.74) is 1.27. The Labute approximate surface area is 191 Å². The van der Waals surface area contributed by atoms with Crippen molar-refractivity contribution in [2.24, 2.45) is 5.92 Å². The third-order valence-corrected chi connectivity index (χ3v) is 5.07. The molecule has 2 rings (SSSR count). The molecule has 0 fully saturated rings. The molecule has 0 aliphatic carbocycles. The van der Waals surface area contributed by atoms with Crippen molar-refractivity contribution in [3.63, 3.8) is 0 Å². The van der Waals surface area contributed by atoms with Crippen LogP contribution in [0, 0.1) is 5.92 Å². The second kappa shape index (κ2) is 12.3. The van der Waals surface area contributed by atoms with Crippen LogP contribution in [0.2, 0.25) is 0 Å². The van der Waals surface area contributed by atoms with E-state index in [1.807, 2.05) is 61.9 Å². The number of aryl methyl sites for hydroxylation is 1. The molecule has 0 radical (unpaired) electrons. The number of ether oxygens (including phenoxy) is 1. The van der Waals surface area contributed by atoms with Crippen LogP contribution >= 0.6 is 0 Å². The zero-order chi connectivity index (χ0) is 23.6. The number of carbonyl (C=O) groups is 2. The highest BCUT2D eigenvalue weighted by atomic mass is 16.6. The number of carboxylic acid groups (broad SMARTS) is 1. The van der Waals surface area contributed by atoms with Gasteiger partial charge >= 0.3 is 12.1 Å². The highest BCUT2D eigenvalue weighted by Crippen LogP contribution is 2.17. The predicted octanol–water partition coefficient (Wildman–Crippen LogP) is 5.14. The average molecular weight is 444 g/mol. The molecule has 32 heavy (non-hydrogen) atoms. The van der Waals surface area contributed by atoms with E-state index in [9.17, 15) is 14.7 Å². The Morgan fingerprint density at radius 1 is 1.19 bits per heavy atom. The number of nitrogens with zero attached hydrogens (tertiary/aromatic N) is 3. The maximum absolute atomic E-state index is 12.7. The van der Waals surface area contributed by atoms with Gasteiger partial charge in [0.2, 0.25) is 0 Å². The molecule has 0 aliphatic rings. The van der Waals surface area contributed by atoms with E-state index in [1.54, 1.807) is 11.2 Å².